The van der Waals surface area contributed by atoms with Crippen LogP contribution in [0.3, 0.4) is 0 Å². The number of rotatable bonds is 11. The number of hydrogen-bond donors (Lipinski definition) is 4. The summed E-state index contributed by atoms with van der Waals surface area (Å²) in [5.41, 5.74) is 5.58. The first-order valence-electron chi connectivity index (χ1n) is 11.4. The Labute approximate surface area is 201 Å². The topological polar surface area (TPSA) is 128 Å². The molecule has 0 saturated carbocycles. The van der Waals surface area contributed by atoms with E-state index >= 15 is 4.39 Å². The molecule has 3 rings (SSSR count). The van der Waals surface area contributed by atoms with E-state index < -0.39 is 30.4 Å². The second-order valence-corrected chi connectivity index (χ2v) is 8.63. The molecule has 1 amide bonds. The number of carbonyl (C=O) groups is 1. The maximum atomic E-state index is 15.3. The number of alkyl halides is 2. The summed E-state index contributed by atoms with van der Waals surface area (Å²) >= 11 is 0. The van der Waals surface area contributed by atoms with E-state index in [9.17, 15) is 18.7 Å². The summed E-state index contributed by atoms with van der Waals surface area (Å²) in [7, 11) is 0. The van der Waals surface area contributed by atoms with Gasteiger partial charge in [0.25, 0.3) is 5.92 Å². The van der Waals surface area contributed by atoms with Gasteiger partial charge in [0.05, 0.1) is 12.6 Å². The molecule has 0 unspecified atom stereocenters. The van der Waals surface area contributed by atoms with Crippen molar-refractivity contribution in [1.82, 2.24) is 14.9 Å². The number of anilines is 2. The summed E-state index contributed by atoms with van der Waals surface area (Å²) in [6.07, 6.45) is 1.14. The van der Waals surface area contributed by atoms with Crippen molar-refractivity contribution in [3.05, 3.63) is 47.5 Å². The predicted molar refractivity (Wildman–Crippen MR) is 124 cm³/mol. The first-order valence-corrected chi connectivity index (χ1v) is 11.4. The van der Waals surface area contributed by atoms with E-state index in [2.05, 4.69) is 15.3 Å². The minimum atomic E-state index is -3.33. The minimum Gasteiger partial charge on any atom is -0.391 e. The van der Waals surface area contributed by atoms with Gasteiger partial charge in [-0.15, -0.1) is 0 Å². The van der Waals surface area contributed by atoms with Gasteiger partial charge in [-0.05, 0) is 25.5 Å². The number of carbonyl (C=O) groups excluding carboxylic acids is 1. The lowest BCUT2D eigenvalue weighted by Crippen LogP contribution is -2.48. The van der Waals surface area contributed by atoms with Gasteiger partial charge in [-0.25, -0.2) is 9.97 Å². The van der Waals surface area contributed by atoms with Crippen molar-refractivity contribution in [3.63, 3.8) is 0 Å². The van der Waals surface area contributed by atoms with E-state index in [1.54, 1.807) is 9.80 Å². The summed E-state index contributed by atoms with van der Waals surface area (Å²) in [6, 6.07) is 5.49. The van der Waals surface area contributed by atoms with Gasteiger partial charge < -0.3 is 26.2 Å². The molecule has 12 heteroatoms. The first kappa shape index (κ1) is 26.6. The standard InChI is InChI=1S/C23H31F3N6O3/c1-2-32(10-15-3-5-17(6-4-15)23(25,26)13-33)22-20(24)21(29-14-30-22)28-9-16-7-8-31(11-18(16)34)12-19(27)35/h3-6,14,16,18,33-34H,2,7-13H2,1H3,(H2,27,35)(H,28,29,30)/t16-,18+/m1/s1. The van der Waals surface area contributed by atoms with E-state index in [1.165, 1.54) is 30.6 Å². The molecule has 1 saturated heterocycles. The molecule has 0 radical (unpaired) electrons. The molecule has 2 aromatic rings. The average Bonchev–Trinajstić information content (AvgIpc) is 2.83. The Balaban J connectivity index is 1.65. The van der Waals surface area contributed by atoms with Crippen LogP contribution in [0.15, 0.2) is 30.6 Å². The average molecular weight is 497 g/mol. The summed E-state index contributed by atoms with van der Waals surface area (Å²) < 4.78 is 42.5. The maximum absolute atomic E-state index is 15.3. The van der Waals surface area contributed by atoms with Gasteiger partial charge in [0.15, 0.2) is 11.6 Å². The van der Waals surface area contributed by atoms with Gasteiger partial charge in [-0.1, -0.05) is 24.3 Å². The van der Waals surface area contributed by atoms with Crippen molar-refractivity contribution >= 4 is 17.5 Å². The van der Waals surface area contributed by atoms with Crippen LogP contribution in [0.25, 0.3) is 0 Å². The molecule has 2 atom stereocenters. The Morgan fingerprint density at radius 2 is 2.03 bits per heavy atom. The predicted octanol–water partition coefficient (Wildman–Crippen LogP) is 1.31. The number of piperidine rings is 1. The highest BCUT2D eigenvalue weighted by atomic mass is 19.3. The van der Waals surface area contributed by atoms with Crippen LogP contribution in [0.1, 0.15) is 24.5 Å². The summed E-state index contributed by atoms with van der Waals surface area (Å²) in [6.45, 7) is 2.44. The number of aliphatic hydroxyl groups excluding tert-OH is 2. The number of halogens is 3. The zero-order valence-electron chi connectivity index (χ0n) is 19.5. The van der Waals surface area contributed by atoms with Crippen LogP contribution in [0.5, 0.6) is 0 Å². The smallest absolute Gasteiger partial charge is 0.295 e. The monoisotopic (exact) mass is 496 g/mol. The molecule has 5 N–H and O–H groups in total. The lowest BCUT2D eigenvalue weighted by molar-refractivity contribution is -0.120. The molecule has 0 aliphatic carbocycles. The van der Waals surface area contributed by atoms with Crippen molar-refractivity contribution in [3.8, 4) is 0 Å². The number of aromatic nitrogens is 2. The number of nitrogens with two attached hydrogens (primary N) is 1. The second kappa shape index (κ2) is 11.6. The lowest BCUT2D eigenvalue weighted by Gasteiger charge is -2.35. The third-order valence-corrected chi connectivity index (χ3v) is 6.12. The molecule has 1 fully saturated rings. The van der Waals surface area contributed by atoms with Crippen LogP contribution in [-0.4, -0.2) is 76.4 Å². The van der Waals surface area contributed by atoms with E-state index in [1.807, 2.05) is 6.92 Å². The van der Waals surface area contributed by atoms with Crippen molar-refractivity contribution in [2.45, 2.75) is 31.9 Å². The van der Waals surface area contributed by atoms with Crippen molar-refractivity contribution in [1.29, 1.82) is 0 Å². The van der Waals surface area contributed by atoms with Crippen molar-refractivity contribution < 1.29 is 28.2 Å². The Morgan fingerprint density at radius 3 is 2.63 bits per heavy atom. The van der Waals surface area contributed by atoms with Gasteiger partial charge in [-0.3, -0.25) is 9.69 Å². The van der Waals surface area contributed by atoms with Gasteiger partial charge in [0, 0.05) is 37.7 Å². The molecule has 0 spiro atoms. The minimum absolute atomic E-state index is 0.00171. The van der Waals surface area contributed by atoms with E-state index in [0.717, 1.165) is 0 Å². The highest BCUT2D eigenvalue weighted by molar-refractivity contribution is 5.75. The molecular weight excluding hydrogens is 465 g/mol. The molecule has 192 valence electrons. The molecular formula is C23H31F3N6O3. The molecule has 1 aromatic heterocycles. The van der Waals surface area contributed by atoms with Crippen LogP contribution < -0.4 is 16.0 Å². The van der Waals surface area contributed by atoms with Crippen molar-refractivity contribution in [2.24, 2.45) is 11.7 Å². The van der Waals surface area contributed by atoms with E-state index in [-0.39, 0.29) is 42.8 Å². The molecule has 1 aliphatic rings. The van der Waals surface area contributed by atoms with Gasteiger partial charge >= 0.3 is 0 Å². The Kier molecular flexibility index (Phi) is 8.87. The number of amides is 1. The third kappa shape index (κ3) is 6.80. The fraction of sp³-hybridized carbons (Fsp3) is 0.522. The third-order valence-electron chi connectivity index (χ3n) is 6.12. The maximum Gasteiger partial charge on any atom is 0.295 e. The summed E-state index contributed by atoms with van der Waals surface area (Å²) in [5, 5.41) is 22.2. The van der Waals surface area contributed by atoms with Gasteiger partial charge in [0.2, 0.25) is 11.7 Å². The number of nitrogens with one attached hydrogen (secondary N) is 1. The number of hydrogen-bond acceptors (Lipinski definition) is 8. The van der Waals surface area contributed by atoms with E-state index in [4.69, 9.17) is 10.8 Å². The Hall–Kier alpha value is -2.96. The molecule has 9 nitrogen and oxygen atoms in total. The van der Waals surface area contributed by atoms with Crippen LogP contribution in [-0.2, 0) is 17.3 Å². The number of likely N-dealkylation sites (tertiary alicyclic amines) is 1. The number of primary amides is 1. The van der Waals surface area contributed by atoms with Crippen molar-refractivity contribution in [2.75, 3.05) is 49.5 Å². The largest absolute Gasteiger partial charge is 0.391 e. The normalized spacial score (nSPS) is 18.9. The van der Waals surface area contributed by atoms with Gasteiger partial charge in [0.1, 0.15) is 12.9 Å². The molecule has 35 heavy (non-hydrogen) atoms. The van der Waals surface area contributed by atoms with E-state index in [0.29, 0.717) is 31.6 Å². The zero-order valence-corrected chi connectivity index (χ0v) is 19.5. The first-order chi connectivity index (χ1) is 16.6. The number of benzene rings is 1. The van der Waals surface area contributed by atoms with Crippen LogP contribution >= 0.6 is 0 Å². The SMILES string of the molecule is CCN(Cc1ccc(C(F)(F)CO)cc1)c1ncnc(NC[C@H]2CCN(CC(N)=O)C[C@@H]2O)c1F. The van der Waals surface area contributed by atoms with Crippen LogP contribution in [0, 0.1) is 11.7 Å². The summed E-state index contributed by atoms with van der Waals surface area (Å²) in [5.74, 6) is -4.53. The quantitative estimate of drug-likeness (QED) is 0.367. The fourth-order valence-corrected chi connectivity index (χ4v) is 4.08. The summed E-state index contributed by atoms with van der Waals surface area (Å²) in [4.78, 5) is 22.6. The lowest BCUT2D eigenvalue weighted by atomic mass is 9.93. The van der Waals surface area contributed by atoms with Crippen LogP contribution in [0.2, 0.25) is 0 Å². The molecule has 1 aliphatic heterocycles. The Bertz CT molecular complexity index is 995. The Morgan fingerprint density at radius 1 is 1.31 bits per heavy atom. The fourth-order valence-electron chi connectivity index (χ4n) is 4.08. The molecule has 2 heterocycles. The molecule has 0 bridgehead atoms. The number of nitrogens with zero attached hydrogens (tertiary/aromatic N) is 4. The zero-order chi connectivity index (χ0) is 25.6. The second-order valence-electron chi connectivity index (χ2n) is 8.63. The number of β-amino-alcohol motifs (C(OH)–C–C–N with tert-alkyl or cyclic N) is 1. The van der Waals surface area contributed by atoms with Crippen LogP contribution in [0.4, 0.5) is 24.8 Å². The highest BCUT2D eigenvalue weighted by Gasteiger charge is 2.30. The molecule has 1 aromatic carbocycles. The van der Waals surface area contributed by atoms with Gasteiger partial charge in [-0.2, -0.15) is 13.2 Å². The highest BCUT2D eigenvalue weighted by Crippen LogP contribution is 2.28. The number of aliphatic hydroxyl groups is 2.